The van der Waals surface area contributed by atoms with Gasteiger partial charge in [0.1, 0.15) is 18.2 Å². The molecule has 6 nitrogen and oxygen atoms in total. The Hall–Kier alpha value is -2.34. The summed E-state index contributed by atoms with van der Waals surface area (Å²) in [5.41, 5.74) is 0.222. The second-order valence-electron chi connectivity index (χ2n) is 7.76. The first-order chi connectivity index (χ1) is 12.6. The van der Waals surface area contributed by atoms with Crippen molar-refractivity contribution in [2.75, 3.05) is 20.6 Å². The van der Waals surface area contributed by atoms with Gasteiger partial charge in [0.2, 0.25) is 0 Å². The molecule has 1 rings (SSSR count). The van der Waals surface area contributed by atoms with Crippen molar-refractivity contribution in [1.29, 1.82) is 0 Å². The van der Waals surface area contributed by atoms with Crippen LogP contribution in [0, 0.1) is 5.92 Å². The smallest absolute Gasteiger partial charge is 0.408 e. The van der Waals surface area contributed by atoms with E-state index < -0.39 is 23.7 Å². The minimum atomic E-state index is -0.826. The van der Waals surface area contributed by atoms with Gasteiger partial charge in [-0.2, -0.15) is 0 Å². The lowest BCUT2D eigenvalue weighted by atomic mass is 9.95. The molecule has 27 heavy (non-hydrogen) atoms. The topological polar surface area (TPSA) is 67.9 Å². The van der Waals surface area contributed by atoms with Gasteiger partial charge in [0.25, 0.3) is 0 Å². The normalized spacial score (nSPS) is 13.6. The van der Waals surface area contributed by atoms with E-state index in [9.17, 15) is 9.59 Å². The van der Waals surface area contributed by atoms with Crippen LogP contribution in [0.4, 0.5) is 4.79 Å². The fourth-order valence-corrected chi connectivity index (χ4v) is 2.63. The van der Waals surface area contributed by atoms with E-state index in [0.717, 1.165) is 5.56 Å². The highest BCUT2D eigenvalue weighted by molar-refractivity contribution is 5.82. The highest BCUT2D eigenvalue weighted by atomic mass is 16.6. The number of alkyl carbamates (subject to hydrolysis) is 1. The number of nitrogens with zero attached hydrogens (tertiary/aromatic N) is 1. The first-order valence-corrected chi connectivity index (χ1v) is 9.08. The van der Waals surface area contributed by atoms with Gasteiger partial charge in [0, 0.05) is 12.5 Å². The van der Waals surface area contributed by atoms with Crippen molar-refractivity contribution in [3.05, 3.63) is 48.6 Å². The maximum atomic E-state index is 12.7. The van der Waals surface area contributed by atoms with Gasteiger partial charge < -0.3 is 19.7 Å². The maximum absolute atomic E-state index is 12.7. The lowest BCUT2D eigenvalue weighted by Crippen LogP contribution is -2.50. The van der Waals surface area contributed by atoms with Gasteiger partial charge in [-0.15, -0.1) is 6.58 Å². The van der Waals surface area contributed by atoms with E-state index in [2.05, 4.69) is 11.9 Å². The number of benzene rings is 1. The molecular formula is C21H32N2O4. The van der Waals surface area contributed by atoms with Gasteiger partial charge in [-0.1, -0.05) is 36.4 Å². The maximum Gasteiger partial charge on any atom is 0.408 e. The molecule has 0 spiro atoms. The molecule has 0 saturated carbocycles. The Morgan fingerprint density at radius 1 is 1.22 bits per heavy atom. The Kier molecular flexibility index (Phi) is 9.02. The summed E-state index contributed by atoms with van der Waals surface area (Å²) >= 11 is 0. The van der Waals surface area contributed by atoms with Crippen LogP contribution in [0.3, 0.4) is 0 Å². The highest BCUT2D eigenvalue weighted by Crippen LogP contribution is 2.17. The Labute approximate surface area is 162 Å². The average Bonchev–Trinajstić information content (AvgIpc) is 2.56. The van der Waals surface area contributed by atoms with Crippen LogP contribution in [0.15, 0.2) is 43.0 Å². The molecule has 0 aliphatic carbocycles. The van der Waals surface area contributed by atoms with Crippen molar-refractivity contribution in [2.24, 2.45) is 5.92 Å². The minimum Gasteiger partial charge on any atom is -0.458 e. The van der Waals surface area contributed by atoms with Crippen LogP contribution in [-0.2, 0) is 20.9 Å². The number of carbonyl (C=O) groups is 2. The van der Waals surface area contributed by atoms with Crippen molar-refractivity contribution < 1.29 is 19.1 Å². The van der Waals surface area contributed by atoms with E-state index in [1.54, 1.807) is 26.8 Å². The predicted molar refractivity (Wildman–Crippen MR) is 106 cm³/mol. The molecule has 150 valence electrons. The Bertz CT molecular complexity index is 608. The zero-order valence-electron chi connectivity index (χ0n) is 17.0. The number of ether oxygens (including phenoxy) is 2. The molecule has 1 aromatic carbocycles. The number of allylic oxidation sites excluding steroid dienone is 1. The second-order valence-corrected chi connectivity index (χ2v) is 7.76. The van der Waals surface area contributed by atoms with Crippen LogP contribution < -0.4 is 5.32 Å². The molecular weight excluding hydrogens is 344 g/mol. The Morgan fingerprint density at radius 3 is 2.37 bits per heavy atom. The summed E-state index contributed by atoms with van der Waals surface area (Å²) in [6, 6.07) is 8.54. The van der Waals surface area contributed by atoms with Gasteiger partial charge in [-0.3, -0.25) is 0 Å². The summed E-state index contributed by atoms with van der Waals surface area (Å²) in [5, 5.41) is 2.69. The van der Waals surface area contributed by atoms with Crippen LogP contribution in [0.25, 0.3) is 0 Å². The van der Waals surface area contributed by atoms with Crippen LogP contribution in [0.1, 0.15) is 32.8 Å². The number of esters is 1. The number of nitrogens with one attached hydrogen (secondary N) is 1. The fourth-order valence-electron chi connectivity index (χ4n) is 2.63. The predicted octanol–water partition coefficient (Wildman–Crippen LogP) is 3.38. The highest BCUT2D eigenvalue weighted by Gasteiger charge is 2.33. The van der Waals surface area contributed by atoms with Crippen molar-refractivity contribution in [1.82, 2.24) is 10.2 Å². The van der Waals surface area contributed by atoms with Crippen molar-refractivity contribution >= 4 is 12.1 Å². The van der Waals surface area contributed by atoms with Gasteiger partial charge in [-0.05, 0) is 46.9 Å². The van der Waals surface area contributed by atoms with E-state index >= 15 is 0 Å². The molecule has 0 aliphatic heterocycles. The van der Waals surface area contributed by atoms with Crippen LogP contribution in [0.2, 0.25) is 0 Å². The first-order valence-electron chi connectivity index (χ1n) is 9.08. The number of hydrogen-bond acceptors (Lipinski definition) is 5. The molecule has 6 heteroatoms. The summed E-state index contributed by atoms with van der Waals surface area (Å²) in [4.78, 5) is 27.0. The molecule has 1 N–H and O–H groups in total. The molecule has 0 bridgehead atoms. The molecule has 0 aliphatic rings. The lowest BCUT2D eigenvalue weighted by Gasteiger charge is -2.30. The number of amides is 1. The molecule has 0 radical (unpaired) electrons. The molecule has 0 saturated heterocycles. The number of carbonyl (C=O) groups excluding carboxylic acids is 2. The van der Waals surface area contributed by atoms with Crippen molar-refractivity contribution in [3.8, 4) is 0 Å². The summed E-state index contributed by atoms with van der Waals surface area (Å²) in [6.45, 7) is 9.88. The van der Waals surface area contributed by atoms with Crippen LogP contribution in [-0.4, -0.2) is 49.2 Å². The summed E-state index contributed by atoms with van der Waals surface area (Å²) in [6.07, 6.45) is 1.64. The SMILES string of the molecule is C=CC[C@H](CN(C)C)[C@H](NC(=O)OCc1ccccc1)C(=O)OC(C)(C)C. The largest absolute Gasteiger partial charge is 0.458 e. The zero-order valence-corrected chi connectivity index (χ0v) is 17.0. The third-order valence-corrected chi connectivity index (χ3v) is 3.69. The van der Waals surface area contributed by atoms with E-state index in [4.69, 9.17) is 9.47 Å². The van der Waals surface area contributed by atoms with E-state index in [-0.39, 0.29) is 12.5 Å². The molecule has 1 aromatic rings. The third-order valence-electron chi connectivity index (χ3n) is 3.69. The Morgan fingerprint density at radius 2 is 1.85 bits per heavy atom. The summed E-state index contributed by atoms with van der Waals surface area (Å²) in [7, 11) is 3.83. The molecule has 2 atom stereocenters. The summed E-state index contributed by atoms with van der Waals surface area (Å²) in [5.74, 6) is -0.663. The second kappa shape index (κ2) is 10.7. The first kappa shape index (κ1) is 22.7. The van der Waals surface area contributed by atoms with E-state index in [0.29, 0.717) is 13.0 Å². The fraction of sp³-hybridized carbons (Fsp3) is 0.524. The van der Waals surface area contributed by atoms with Crippen molar-refractivity contribution in [2.45, 2.75) is 45.4 Å². The minimum absolute atomic E-state index is 0.132. The van der Waals surface area contributed by atoms with Crippen molar-refractivity contribution in [3.63, 3.8) is 0 Å². The number of hydrogen-bond donors (Lipinski definition) is 1. The monoisotopic (exact) mass is 376 g/mol. The van der Waals surface area contributed by atoms with E-state index in [1.807, 2.05) is 49.3 Å². The standard InChI is InChI=1S/C21H32N2O4/c1-7-11-17(14-23(5)6)18(19(24)27-21(2,3)4)22-20(25)26-15-16-12-9-8-10-13-16/h7-10,12-13,17-18H,1,11,14-15H2,2-6H3,(H,22,25)/t17-,18+/m1/s1. The molecule has 0 unspecified atom stereocenters. The van der Waals surface area contributed by atoms with E-state index in [1.165, 1.54) is 0 Å². The van der Waals surface area contributed by atoms with Crippen LogP contribution >= 0.6 is 0 Å². The third kappa shape index (κ3) is 9.24. The van der Waals surface area contributed by atoms with Gasteiger partial charge in [0.15, 0.2) is 0 Å². The molecule has 1 amide bonds. The van der Waals surface area contributed by atoms with Gasteiger partial charge in [-0.25, -0.2) is 9.59 Å². The summed E-state index contributed by atoms with van der Waals surface area (Å²) < 4.78 is 10.8. The molecule has 0 fully saturated rings. The van der Waals surface area contributed by atoms with Gasteiger partial charge in [0.05, 0.1) is 0 Å². The number of rotatable bonds is 9. The van der Waals surface area contributed by atoms with Gasteiger partial charge >= 0.3 is 12.1 Å². The average molecular weight is 376 g/mol. The quantitative estimate of drug-likeness (QED) is 0.529. The van der Waals surface area contributed by atoms with Crippen LogP contribution in [0.5, 0.6) is 0 Å². The molecule has 0 heterocycles. The lowest BCUT2D eigenvalue weighted by molar-refractivity contribution is -0.159. The Balaban J connectivity index is 2.85. The zero-order chi connectivity index (χ0) is 20.4. The molecule has 0 aromatic heterocycles.